The van der Waals surface area contributed by atoms with E-state index in [1.165, 1.54) is 7.11 Å². The molecular formula is C10H10F2O3. The zero-order valence-corrected chi connectivity index (χ0v) is 8.34. The minimum Gasteiger partial charge on any atom is -0.497 e. The molecule has 0 spiro atoms. The summed E-state index contributed by atoms with van der Waals surface area (Å²) in [5.41, 5.74) is -0.697. The Morgan fingerprint density at radius 1 is 1.33 bits per heavy atom. The van der Waals surface area contributed by atoms with Gasteiger partial charge in [-0.2, -0.15) is 0 Å². The third-order valence-corrected chi connectivity index (χ3v) is 1.73. The lowest BCUT2D eigenvalue weighted by molar-refractivity contribution is 0.0515. The molecule has 0 amide bonds. The van der Waals surface area contributed by atoms with Crippen LogP contribution in [0, 0.1) is 11.6 Å². The van der Waals surface area contributed by atoms with Gasteiger partial charge >= 0.3 is 5.97 Å². The fourth-order valence-electron chi connectivity index (χ4n) is 1.07. The first-order chi connectivity index (χ1) is 7.10. The molecule has 0 aliphatic heterocycles. The Morgan fingerprint density at radius 3 is 2.27 bits per heavy atom. The van der Waals surface area contributed by atoms with Crippen LogP contribution in [0.4, 0.5) is 8.78 Å². The SMILES string of the molecule is CCOC(=O)c1c(F)cc(OC)cc1F. The number of esters is 1. The summed E-state index contributed by atoms with van der Waals surface area (Å²) < 4.78 is 35.6. The van der Waals surface area contributed by atoms with Crippen LogP contribution in [0.5, 0.6) is 5.75 Å². The Labute approximate surface area is 85.6 Å². The molecule has 0 N–H and O–H groups in total. The molecule has 0 fully saturated rings. The summed E-state index contributed by atoms with van der Waals surface area (Å²) in [5.74, 6) is -3.00. The molecule has 1 aromatic rings. The molecular weight excluding hydrogens is 206 g/mol. The van der Waals surface area contributed by atoms with Crippen molar-refractivity contribution in [2.24, 2.45) is 0 Å². The lowest BCUT2D eigenvalue weighted by atomic mass is 10.2. The van der Waals surface area contributed by atoms with E-state index in [4.69, 9.17) is 0 Å². The van der Waals surface area contributed by atoms with Crippen molar-refractivity contribution >= 4 is 5.97 Å². The average molecular weight is 216 g/mol. The molecule has 0 saturated carbocycles. The molecule has 0 aliphatic rings. The maximum absolute atomic E-state index is 13.3. The number of benzene rings is 1. The van der Waals surface area contributed by atoms with Gasteiger partial charge in [0.15, 0.2) is 0 Å². The lowest BCUT2D eigenvalue weighted by Gasteiger charge is -2.06. The fraction of sp³-hybridized carbons (Fsp3) is 0.300. The van der Waals surface area contributed by atoms with Gasteiger partial charge in [0.2, 0.25) is 0 Å². The van der Waals surface area contributed by atoms with Gasteiger partial charge in [-0.25, -0.2) is 13.6 Å². The predicted octanol–water partition coefficient (Wildman–Crippen LogP) is 2.15. The molecule has 0 bridgehead atoms. The van der Waals surface area contributed by atoms with Gasteiger partial charge in [-0.05, 0) is 6.92 Å². The second-order valence-electron chi connectivity index (χ2n) is 2.69. The third kappa shape index (κ3) is 2.43. The van der Waals surface area contributed by atoms with Crippen molar-refractivity contribution in [2.45, 2.75) is 6.92 Å². The van der Waals surface area contributed by atoms with Crippen molar-refractivity contribution in [3.63, 3.8) is 0 Å². The quantitative estimate of drug-likeness (QED) is 0.726. The van der Waals surface area contributed by atoms with Crippen molar-refractivity contribution in [1.29, 1.82) is 0 Å². The van der Waals surface area contributed by atoms with Crippen molar-refractivity contribution in [3.05, 3.63) is 29.3 Å². The number of carbonyl (C=O) groups is 1. The van der Waals surface area contributed by atoms with Crippen molar-refractivity contribution in [3.8, 4) is 5.75 Å². The monoisotopic (exact) mass is 216 g/mol. The minimum absolute atomic E-state index is 0.0121. The van der Waals surface area contributed by atoms with Gasteiger partial charge in [-0.15, -0.1) is 0 Å². The van der Waals surface area contributed by atoms with Gasteiger partial charge in [0.1, 0.15) is 22.9 Å². The van der Waals surface area contributed by atoms with Crippen LogP contribution in [0.15, 0.2) is 12.1 Å². The summed E-state index contributed by atoms with van der Waals surface area (Å²) >= 11 is 0. The number of methoxy groups -OCH3 is 1. The van der Waals surface area contributed by atoms with Crippen LogP contribution < -0.4 is 4.74 Å². The first-order valence-electron chi connectivity index (χ1n) is 4.30. The molecule has 0 atom stereocenters. The molecule has 0 aliphatic carbocycles. The van der Waals surface area contributed by atoms with E-state index in [0.717, 1.165) is 12.1 Å². The van der Waals surface area contributed by atoms with E-state index >= 15 is 0 Å². The van der Waals surface area contributed by atoms with Crippen LogP contribution in [0.3, 0.4) is 0 Å². The van der Waals surface area contributed by atoms with Gasteiger partial charge in [-0.3, -0.25) is 0 Å². The molecule has 0 radical (unpaired) electrons. The first-order valence-corrected chi connectivity index (χ1v) is 4.30. The minimum atomic E-state index is -1.02. The van der Waals surface area contributed by atoms with Crippen molar-refractivity contribution in [1.82, 2.24) is 0 Å². The highest BCUT2D eigenvalue weighted by molar-refractivity contribution is 5.90. The highest BCUT2D eigenvalue weighted by Gasteiger charge is 2.19. The van der Waals surface area contributed by atoms with E-state index in [1.54, 1.807) is 6.92 Å². The lowest BCUT2D eigenvalue weighted by Crippen LogP contribution is -2.10. The van der Waals surface area contributed by atoms with Crippen molar-refractivity contribution in [2.75, 3.05) is 13.7 Å². The van der Waals surface area contributed by atoms with Gasteiger partial charge in [0.25, 0.3) is 0 Å². The highest BCUT2D eigenvalue weighted by Crippen LogP contribution is 2.20. The largest absolute Gasteiger partial charge is 0.497 e. The van der Waals surface area contributed by atoms with Gasteiger partial charge < -0.3 is 9.47 Å². The Hall–Kier alpha value is -1.65. The number of ether oxygens (including phenoxy) is 2. The predicted molar refractivity (Wildman–Crippen MR) is 48.9 cm³/mol. The molecule has 0 heterocycles. The van der Waals surface area contributed by atoms with Gasteiger partial charge in [0, 0.05) is 12.1 Å². The molecule has 0 unspecified atom stereocenters. The summed E-state index contributed by atoms with van der Waals surface area (Å²) in [4.78, 5) is 11.1. The summed E-state index contributed by atoms with van der Waals surface area (Å²) in [7, 11) is 1.28. The number of rotatable bonds is 3. The molecule has 1 aromatic carbocycles. The van der Waals surface area contributed by atoms with Crippen molar-refractivity contribution < 1.29 is 23.0 Å². The molecule has 0 saturated heterocycles. The topological polar surface area (TPSA) is 35.5 Å². The molecule has 15 heavy (non-hydrogen) atoms. The number of hydrogen-bond acceptors (Lipinski definition) is 3. The van der Waals surface area contributed by atoms with Crippen LogP contribution in [0.1, 0.15) is 17.3 Å². The zero-order valence-electron chi connectivity index (χ0n) is 8.34. The summed E-state index contributed by atoms with van der Waals surface area (Å²) in [6, 6.07) is 1.85. The van der Waals surface area contributed by atoms with Crippen LogP contribution in [0.25, 0.3) is 0 Å². The average Bonchev–Trinajstić information content (AvgIpc) is 2.16. The van der Waals surface area contributed by atoms with Gasteiger partial charge in [-0.1, -0.05) is 0 Å². The van der Waals surface area contributed by atoms with Crippen LogP contribution in [-0.2, 0) is 4.74 Å². The summed E-state index contributed by atoms with van der Waals surface area (Å²) in [6.07, 6.45) is 0. The van der Waals surface area contributed by atoms with Crippen LogP contribution in [-0.4, -0.2) is 19.7 Å². The smallest absolute Gasteiger partial charge is 0.344 e. The Bertz CT molecular complexity index is 354. The van der Waals surface area contributed by atoms with E-state index in [2.05, 4.69) is 9.47 Å². The highest BCUT2D eigenvalue weighted by atomic mass is 19.1. The second kappa shape index (κ2) is 4.72. The summed E-state index contributed by atoms with van der Waals surface area (Å²) in [6.45, 7) is 1.61. The standard InChI is InChI=1S/C10H10F2O3/c1-3-15-10(13)9-7(11)4-6(14-2)5-8(9)12/h4-5H,3H2,1-2H3. The molecule has 0 aromatic heterocycles. The van der Waals surface area contributed by atoms with Gasteiger partial charge in [0.05, 0.1) is 13.7 Å². The first kappa shape index (κ1) is 11.4. The molecule has 1 rings (SSSR count). The Balaban J connectivity index is 3.13. The summed E-state index contributed by atoms with van der Waals surface area (Å²) in [5, 5.41) is 0. The zero-order chi connectivity index (χ0) is 11.4. The number of hydrogen-bond donors (Lipinski definition) is 0. The number of carbonyl (C=O) groups excluding carboxylic acids is 1. The molecule has 5 heteroatoms. The molecule has 82 valence electrons. The maximum Gasteiger partial charge on any atom is 0.344 e. The van der Waals surface area contributed by atoms with E-state index in [9.17, 15) is 13.6 Å². The van der Waals surface area contributed by atoms with Crippen LogP contribution in [0.2, 0.25) is 0 Å². The van der Waals surface area contributed by atoms with E-state index < -0.39 is 23.2 Å². The Morgan fingerprint density at radius 2 is 1.87 bits per heavy atom. The Kier molecular flexibility index (Phi) is 3.60. The fourth-order valence-corrected chi connectivity index (χ4v) is 1.07. The van der Waals surface area contributed by atoms with Crippen LogP contribution >= 0.6 is 0 Å². The number of halogens is 2. The van der Waals surface area contributed by atoms with E-state index in [-0.39, 0.29) is 12.4 Å². The second-order valence-corrected chi connectivity index (χ2v) is 2.69. The molecule has 3 nitrogen and oxygen atoms in total. The maximum atomic E-state index is 13.3. The third-order valence-electron chi connectivity index (χ3n) is 1.73. The normalized spacial score (nSPS) is 9.87. The van der Waals surface area contributed by atoms with E-state index in [1.807, 2.05) is 0 Å². The van der Waals surface area contributed by atoms with E-state index in [0.29, 0.717) is 0 Å².